The van der Waals surface area contributed by atoms with Crippen LogP contribution in [0.2, 0.25) is 0 Å². The van der Waals surface area contributed by atoms with E-state index in [0.29, 0.717) is 0 Å². The minimum Gasteiger partial charge on any atom is -0.0928 e. The second-order valence-corrected chi connectivity index (χ2v) is 1.37. The van der Waals surface area contributed by atoms with Crippen molar-refractivity contribution < 1.29 is 26.0 Å². The molecule has 0 radical (unpaired) electrons. The van der Waals surface area contributed by atoms with Gasteiger partial charge in [-0.1, -0.05) is 61.0 Å². The highest BCUT2D eigenvalue weighted by atomic mass is 79.9. The van der Waals surface area contributed by atoms with Crippen molar-refractivity contribution in [2.24, 2.45) is 0 Å². The van der Waals surface area contributed by atoms with Crippen molar-refractivity contribution in [1.29, 1.82) is 0 Å². The summed E-state index contributed by atoms with van der Waals surface area (Å²) in [5.41, 5.74) is 0. The molecule has 0 bridgehead atoms. The van der Waals surface area contributed by atoms with Crippen molar-refractivity contribution >= 4 is 15.9 Å². The van der Waals surface area contributed by atoms with Gasteiger partial charge in [-0.05, 0) is 6.37 Å². The van der Waals surface area contributed by atoms with Gasteiger partial charge in [-0.3, -0.25) is 0 Å². The molecule has 0 spiro atoms. The van der Waals surface area contributed by atoms with Crippen LogP contribution in [0.25, 0.3) is 0 Å². The van der Waals surface area contributed by atoms with Crippen molar-refractivity contribution in [3.8, 4) is 0 Å². The monoisotopic (exact) mass is 225 g/mol. The molecule has 0 unspecified atom stereocenters. The summed E-state index contributed by atoms with van der Waals surface area (Å²) in [4.78, 5) is 0. The van der Waals surface area contributed by atoms with Gasteiger partial charge >= 0.3 is 0 Å². The third-order valence-electron chi connectivity index (χ3n) is 0.422. The van der Waals surface area contributed by atoms with Gasteiger partial charge < -0.3 is 0 Å². The normalized spacial score (nSPS) is 51.1. The Morgan fingerprint density at radius 1 is 1.10 bits per heavy atom. The first-order chi connectivity index (χ1) is 12.0. The standard InChI is InChI=1S/C9H19Br/c1-2-3-4-5-6-7-8-9-10/h2-9H2,1H3/i1D3,2D2,3D2,4D2,5D2,6D2,7D2,8D2,9D2. The topological polar surface area (TPSA) is 0 Å². The Labute approximate surface area is 100 Å². The summed E-state index contributed by atoms with van der Waals surface area (Å²) < 4.78 is 143. The van der Waals surface area contributed by atoms with Crippen LogP contribution in [0.15, 0.2) is 0 Å². The Kier molecular flexibility index (Phi) is 1.10. The molecule has 0 rings (SSSR count). The summed E-state index contributed by atoms with van der Waals surface area (Å²) >= 11 is 2.17. The van der Waals surface area contributed by atoms with Crippen LogP contribution in [-0.2, 0) is 0 Å². The van der Waals surface area contributed by atoms with Crippen LogP contribution in [0.4, 0.5) is 0 Å². The maximum absolute atomic E-state index is 7.79. The molecule has 62 valence electrons. The van der Waals surface area contributed by atoms with E-state index in [1.54, 1.807) is 0 Å². The second kappa shape index (κ2) is 9.48. The van der Waals surface area contributed by atoms with Gasteiger partial charge in [0.25, 0.3) is 0 Å². The van der Waals surface area contributed by atoms with Gasteiger partial charge in [0.2, 0.25) is 0 Å². The smallest absolute Gasteiger partial charge is 0.0387 e. The molecule has 0 aromatic carbocycles. The van der Waals surface area contributed by atoms with Gasteiger partial charge in [0.05, 0.1) is 0 Å². The highest BCUT2D eigenvalue weighted by Crippen LogP contribution is 2.07. The predicted octanol–water partition coefficient (Wildman–Crippen LogP) is 4.13. The molecule has 0 aliphatic heterocycles. The van der Waals surface area contributed by atoms with Crippen LogP contribution in [-0.4, -0.2) is 5.28 Å². The average molecular weight is 226 g/mol. The number of halogens is 1. The van der Waals surface area contributed by atoms with Crippen LogP contribution in [0.5, 0.6) is 0 Å². The minimum atomic E-state index is -4.39. The first-order valence-electron chi connectivity index (χ1n) is 11.7. The van der Waals surface area contributed by atoms with Crippen LogP contribution >= 0.6 is 15.9 Å². The third kappa shape index (κ3) is 8.48. The van der Waals surface area contributed by atoms with Crippen molar-refractivity contribution in [1.82, 2.24) is 0 Å². The van der Waals surface area contributed by atoms with Crippen LogP contribution in [0.1, 0.15) is 77.5 Å². The van der Waals surface area contributed by atoms with E-state index < -0.39 is 56.7 Å². The first kappa shape index (κ1) is 1.16. The average Bonchev–Trinajstić information content (AvgIpc) is 2.43. The highest BCUT2D eigenvalue weighted by molar-refractivity contribution is 9.09. The van der Waals surface area contributed by atoms with E-state index in [2.05, 4.69) is 15.9 Å². The van der Waals surface area contributed by atoms with Crippen molar-refractivity contribution in [2.45, 2.75) is 51.5 Å². The lowest BCUT2D eigenvalue weighted by molar-refractivity contribution is 0.604. The lowest BCUT2D eigenvalue weighted by Crippen LogP contribution is -1.79. The molecule has 0 N–H and O–H groups in total. The summed E-state index contributed by atoms with van der Waals surface area (Å²) in [6.07, 6.45) is -29.4. The van der Waals surface area contributed by atoms with Crippen molar-refractivity contribution in [2.75, 3.05) is 5.28 Å². The molecule has 0 aliphatic rings. The number of alkyl halides is 1. The fourth-order valence-corrected chi connectivity index (χ4v) is 0.279. The Bertz CT molecular complexity index is 554. The predicted molar refractivity (Wildman–Crippen MR) is 51.8 cm³/mol. The molecule has 0 amide bonds. The van der Waals surface area contributed by atoms with Gasteiger partial charge in [0.1, 0.15) is 0 Å². The molecule has 1 heteroatoms. The van der Waals surface area contributed by atoms with Crippen LogP contribution < -0.4 is 0 Å². The van der Waals surface area contributed by atoms with E-state index in [9.17, 15) is 0 Å². The van der Waals surface area contributed by atoms with Crippen molar-refractivity contribution in [3.05, 3.63) is 0 Å². The summed E-state index contributed by atoms with van der Waals surface area (Å²) in [6, 6.07) is 0. The summed E-state index contributed by atoms with van der Waals surface area (Å²) in [6.45, 7) is -3.83. The SMILES string of the molecule is [2H]C([2H])([2H])C([2H])([2H])C([2H])([2H])C([2H])([2H])C([2H])([2H])C([2H])([2H])C([2H])([2H])C([2H])([2H])C([2H])([2H])Br. The fourth-order valence-electron chi connectivity index (χ4n) is 0.180. The Morgan fingerprint density at radius 2 is 1.70 bits per heavy atom. The molecule has 0 nitrogen and oxygen atoms in total. The maximum Gasteiger partial charge on any atom is 0.0387 e. The van der Waals surface area contributed by atoms with Crippen LogP contribution in [0, 0.1) is 0 Å². The minimum absolute atomic E-state index is 2.17. The molecule has 0 aliphatic carbocycles. The molecular formula is C9H19Br. The van der Waals surface area contributed by atoms with E-state index in [0.717, 1.165) is 0 Å². The molecule has 0 aromatic heterocycles. The zero-order valence-electron chi connectivity index (χ0n) is 23.9. The zero-order valence-corrected chi connectivity index (χ0v) is 6.46. The fraction of sp³-hybridized carbons (Fsp3) is 1.00. The second-order valence-electron chi connectivity index (χ2n) is 0.969. The van der Waals surface area contributed by atoms with Gasteiger partial charge in [0.15, 0.2) is 0 Å². The van der Waals surface area contributed by atoms with Crippen molar-refractivity contribution in [3.63, 3.8) is 0 Å². The lowest BCUT2D eigenvalue weighted by Gasteiger charge is -1.97. The van der Waals surface area contributed by atoms with Crippen LogP contribution in [0.3, 0.4) is 0 Å². The van der Waals surface area contributed by atoms with E-state index in [4.69, 9.17) is 26.0 Å². The quantitative estimate of drug-likeness (QED) is 0.572. The number of hydrogen-bond acceptors (Lipinski definition) is 0. The molecule has 0 saturated carbocycles. The third-order valence-corrected chi connectivity index (χ3v) is 0.620. The lowest BCUT2D eigenvalue weighted by atomic mass is 10.1. The molecule has 10 heavy (non-hydrogen) atoms. The largest absolute Gasteiger partial charge is 0.0928 e. The maximum atomic E-state index is 7.79. The molecule has 0 saturated heterocycles. The Hall–Kier alpha value is 0.480. The molecule has 0 fully saturated rings. The Morgan fingerprint density at radius 3 is 2.30 bits per heavy atom. The van der Waals surface area contributed by atoms with Gasteiger partial charge in [0, 0.05) is 31.3 Å². The zero-order chi connectivity index (χ0) is 24.5. The molecule has 0 atom stereocenters. The van der Waals surface area contributed by atoms with Gasteiger partial charge in [-0.15, -0.1) is 0 Å². The van der Waals surface area contributed by atoms with Gasteiger partial charge in [-0.25, -0.2) is 0 Å². The summed E-state index contributed by atoms with van der Waals surface area (Å²) in [5.74, 6) is 0. The van der Waals surface area contributed by atoms with E-state index >= 15 is 0 Å². The number of rotatable bonds is 7. The highest BCUT2D eigenvalue weighted by Gasteiger charge is 1.88. The van der Waals surface area contributed by atoms with E-state index in [1.807, 2.05) is 0 Å². The van der Waals surface area contributed by atoms with E-state index in [-0.39, 0.29) is 0 Å². The molecular weight excluding hydrogens is 188 g/mol. The first-order valence-corrected chi connectivity index (χ1v) is 2.98. The van der Waals surface area contributed by atoms with E-state index in [1.165, 1.54) is 0 Å². The molecule has 0 heterocycles. The summed E-state index contributed by atoms with van der Waals surface area (Å²) in [5, 5.41) is -3.29. The Balaban J connectivity index is 6.82. The molecule has 0 aromatic rings. The number of hydrogen-bond donors (Lipinski definition) is 0. The summed E-state index contributed by atoms with van der Waals surface area (Å²) in [7, 11) is 0. The van der Waals surface area contributed by atoms with Gasteiger partial charge in [-0.2, -0.15) is 0 Å².